The Morgan fingerprint density at radius 3 is 3.06 bits per heavy atom. The van der Waals surface area contributed by atoms with Crippen molar-refractivity contribution in [1.29, 1.82) is 0 Å². The number of aldehydes is 1. The molecule has 5 heteroatoms. The first-order chi connectivity index (χ1) is 7.90. The van der Waals surface area contributed by atoms with Crippen molar-refractivity contribution in [2.75, 3.05) is 0 Å². The summed E-state index contributed by atoms with van der Waals surface area (Å²) in [6.45, 7) is 0. The Bertz CT molecular complexity index is 642. The lowest BCUT2D eigenvalue weighted by molar-refractivity contribution is 0.112. The van der Waals surface area contributed by atoms with Crippen LogP contribution in [0.4, 0.5) is 0 Å². The second kappa shape index (κ2) is 3.53. The smallest absolute Gasteiger partial charge is 0.172 e. The molecule has 0 radical (unpaired) electrons. The van der Waals surface area contributed by atoms with Gasteiger partial charge in [-0.3, -0.25) is 9.20 Å². The topological polar surface area (TPSA) is 47.3 Å². The van der Waals surface area contributed by atoms with Gasteiger partial charge in [0.1, 0.15) is 5.69 Å². The van der Waals surface area contributed by atoms with Gasteiger partial charge in [-0.15, -0.1) is 11.3 Å². The van der Waals surface area contributed by atoms with Crippen molar-refractivity contribution in [3.8, 4) is 10.7 Å². The summed E-state index contributed by atoms with van der Waals surface area (Å²) in [6.07, 6.45) is 4.25. The summed E-state index contributed by atoms with van der Waals surface area (Å²) in [5, 5.41) is 1.98. The molecule has 0 unspecified atom stereocenters. The minimum Gasteiger partial charge on any atom is -0.296 e. The van der Waals surface area contributed by atoms with E-state index in [1.807, 2.05) is 34.2 Å². The van der Waals surface area contributed by atoms with Crippen molar-refractivity contribution in [1.82, 2.24) is 14.4 Å². The summed E-state index contributed by atoms with van der Waals surface area (Å²) in [5.74, 6) is 0.764. The van der Waals surface area contributed by atoms with Crippen LogP contribution >= 0.6 is 11.3 Å². The average molecular weight is 229 g/mol. The molecule has 16 heavy (non-hydrogen) atoms. The van der Waals surface area contributed by atoms with Crippen LogP contribution in [0, 0.1) is 0 Å². The number of hydrogen-bond donors (Lipinski definition) is 0. The minimum atomic E-state index is 0.379. The lowest BCUT2D eigenvalue weighted by Crippen LogP contribution is -1.88. The van der Waals surface area contributed by atoms with E-state index in [-0.39, 0.29) is 0 Å². The van der Waals surface area contributed by atoms with Crippen LogP contribution in [-0.2, 0) is 0 Å². The maximum Gasteiger partial charge on any atom is 0.172 e. The molecule has 0 spiro atoms. The third kappa shape index (κ3) is 1.25. The summed E-state index contributed by atoms with van der Waals surface area (Å²) in [4.78, 5) is 20.4. The highest BCUT2D eigenvalue weighted by atomic mass is 32.1. The zero-order valence-electron chi connectivity index (χ0n) is 8.20. The van der Waals surface area contributed by atoms with Gasteiger partial charge in [-0.25, -0.2) is 9.97 Å². The zero-order valence-corrected chi connectivity index (χ0v) is 9.02. The van der Waals surface area contributed by atoms with E-state index < -0.39 is 0 Å². The Balaban J connectivity index is 2.37. The normalized spacial score (nSPS) is 10.8. The first kappa shape index (κ1) is 9.23. The van der Waals surface area contributed by atoms with E-state index in [0.29, 0.717) is 11.3 Å². The molecule has 0 N–H and O–H groups in total. The number of thiophene rings is 1. The molecule has 0 aliphatic rings. The molecule has 0 saturated heterocycles. The van der Waals surface area contributed by atoms with Crippen molar-refractivity contribution in [3.05, 3.63) is 41.7 Å². The third-order valence-electron chi connectivity index (χ3n) is 2.28. The van der Waals surface area contributed by atoms with Crippen LogP contribution in [0.5, 0.6) is 0 Å². The highest BCUT2D eigenvalue weighted by Crippen LogP contribution is 2.24. The molecule has 3 aromatic rings. The molecule has 0 amide bonds. The van der Waals surface area contributed by atoms with Gasteiger partial charge in [0, 0.05) is 12.4 Å². The second-order valence-corrected chi connectivity index (χ2v) is 4.18. The Morgan fingerprint density at radius 1 is 1.38 bits per heavy atom. The first-order valence-electron chi connectivity index (χ1n) is 4.72. The molecule has 0 atom stereocenters. The molecule has 3 aromatic heterocycles. The van der Waals surface area contributed by atoms with Crippen molar-refractivity contribution < 1.29 is 4.79 Å². The quantitative estimate of drug-likeness (QED) is 0.633. The summed E-state index contributed by atoms with van der Waals surface area (Å²) in [6, 6.07) is 5.75. The van der Waals surface area contributed by atoms with Crippen LogP contribution in [0.2, 0.25) is 0 Å². The Labute approximate surface area is 95.2 Å². The predicted molar refractivity (Wildman–Crippen MR) is 61.7 cm³/mol. The van der Waals surface area contributed by atoms with Gasteiger partial charge in [-0.2, -0.15) is 0 Å². The van der Waals surface area contributed by atoms with Gasteiger partial charge in [0.2, 0.25) is 0 Å². The third-order valence-corrected chi connectivity index (χ3v) is 3.15. The van der Waals surface area contributed by atoms with Gasteiger partial charge in [-0.05, 0) is 17.5 Å². The maximum absolute atomic E-state index is 10.9. The van der Waals surface area contributed by atoms with Gasteiger partial charge >= 0.3 is 0 Å². The van der Waals surface area contributed by atoms with Crippen LogP contribution in [0.15, 0.2) is 36.0 Å². The maximum atomic E-state index is 10.9. The Kier molecular flexibility index (Phi) is 2.04. The minimum absolute atomic E-state index is 0.379. The molecule has 0 aliphatic carbocycles. The predicted octanol–water partition coefficient (Wildman–Crippen LogP) is 2.27. The number of aromatic nitrogens is 3. The van der Waals surface area contributed by atoms with Crippen LogP contribution < -0.4 is 0 Å². The largest absolute Gasteiger partial charge is 0.296 e. The van der Waals surface area contributed by atoms with Gasteiger partial charge in [0.05, 0.1) is 4.88 Å². The lowest BCUT2D eigenvalue weighted by Gasteiger charge is -1.95. The van der Waals surface area contributed by atoms with Gasteiger partial charge in [-0.1, -0.05) is 6.07 Å². The highest BCUT2D eigenvalue weighted by Gasteiger charge is 2.12. The van der Waals surface area contributed by atoms with Crippen molar-refractivity contribution >= 4 is 23.3 Å². The van der Waals surface area contributed by atoms with Crippen LogP contribution in [0.25, 0.3) is 16.3 Å². The zero-order chi connectivity index (χ0) is 11.0. The number of carbonyl (C=O) groups is 1. The number of fused-ring (bicyclic) bond motifs is 1. The van der Waals surface area contributed by atoms with Crippen molar-refractivity contribution in [2.24, 2.45) is 0 Å². The van der Waals surface area contributed by atoms with Gasteiger partial charge in [0.25, 0.3) is 0 Å². The van der Waals surface area contributed by atoms with E-state index in [4.69, 9.17) is 0 Å². The number of hydrogen-bond acceptors (Lipinski definition) is 4. The lowest BCUT2D eigenvalue weighted by atomic mass is 10.4. The summed E-state index contributed by atoms with van der Waals surface area (Å²) >= 11 is 1.59. The van der Waals surface area contributed by atoms with Crippen LogP contribution in [0.1, 0.15) is 10.5 Å². The first-order valence-corrected chi connectivity index (χ1v) is 5.60. The number of nitrogens with zero attached hydrogens (tertiary/aromatic N) is 3. The molecule has 4 nitrogen and oxygen atoms in total. The van der Waals surface area contributed by atoms with E-state index in [1.54, 1.807) is 17.5 Å². The molecule has 0 saturated carbocycles. The van der Waals surface area contributed by atoms with Crippen molar-refractivity contribution in [2.45, 2.75) is 0 Å². The molecule has 0 fully saturated rings. The fourth-order valence-corrected chi connectivity index (χ4v) is 2.32. The molecule has 3 rings (SSSR count). The molecule has 0 aromatic carbocycles. The van der Waals surface area contributed by atoms with Crippen LogP contribution in [-0.4, -0.2) is 20.7 Å². The molecule has 0 aliphatic heterocycles. The highest BCUT2D eigenvalue weighted by molar-refractivity contribution is 7.13. The van der Waals surface area contributed by atoms with Gasteiger partial charge < -0.3 is 0 Å². The molecular formula is C11H7N3OS. The second-order valence-electron chi connectivity index (χ2n) is 3.23. The van der Waals surface area contributed by atoms with E-state index in [9.17, 15) is 4.79 Å². The molecular weight excluding hydrogens is 222 g/mol. The van der Waals surface area contributed by atoms with Gasteiger partial charge in [0.15, 0.2) is 17.8 Å². The SMILES string of the molecule is O=Cc1nc(-c2cccs2)n2cccnc12. The summed E-state index contributed by atoms with van der Waals surface area (Å²) in [7, 11) is 0. The Hall–Kier alpha value is -2.01. The van der Waals surface area contributed by atoms with E-state index >= 15 is 0 Å². The fraction of sp³-hybridized carbons (Fsp3) is 0. The molecule has 78 valence electrons. The molecule has 3 heterocycles. The number of rotatable bonds is 2. The van der Waals surface area contributed by atoms with Crippen LogP contribution in [0.3, 0.4) is 0 Å². The van der Waals surface area contributed by atoms with E-state index in [2.05, 4.69) is 9.97 Å². The van der Waals surface area contributed by atoms with E-state index in [1.165, 1.54) is 0 Å². The molecule has 0 bridgehead atoms. The van der Waals surface area contributed by atoms with Crippen molar-refractivity contribution in [3.63, 3.8) is 0 Å². The standard InChI is InChI=1S/C11H7N3OS/c15-7-8-10-12-4-2-5-14(10)11(13-8)9-3-1-6-16-9/h1-7H. The average Bonchev–Trinajstić information content (AvgIpc) is 2.95. The summed E-state index contributed by atoms with van der Waals surface area (Å²) in [5.41, 5.74) is 0.977. The number of carbonyl (C=O) groups excluding carboxylic acids is 1. The van der Waals surface area contributed by atoms with E-state index in [0.717, 1.165) is 17.0 Å². The summed E-state index contributed by atoms with van der Waals surface area (Å²) < 4.78 is 1.83. The number of imidazole rings is 1. The monoisotopic (exact) mass is 229 g/mol. The Morgan fingerprint density at radius 2 is 2.31 bits per heavy atom. The fourth-order valence-electron chi connectivity index (χ4n) is 1.61.